The quantitative estimate of drug-likeness (QED) is 0.671. The van der Waals surface area contributed by atoms with Crippen molar-refractivity contribution in [1.29, 1.82) is 0 Å². The molecule has 0 aliphatic carbocycles. The van der Waals surface area contributed by atoms with Crippen LogP contribution in [0, 0.1) is 0 Å². The van der Waals surface area contributed by atoms with Gasteiger partial charge in [0.25, 0.3) is 11.8 Å². The summed E-state index contributed by atoms with van der Waals surface area (Å²) in [6.45, 7) is 3.85. The molecule has 3 rings (SSSR count). The summed E-state index contributed by atoms with van der Waals surface area (Å²) in [6.07, 6.45) is -3.88. The number of benzene rings is 2. The second-order valence-electron chi connectivity index (χ2n) is 7.29. The normalized spacial score (nSPS) is 14.6. The van der Waals surface area contributed by atoms with Crippen molar-refractivity contribution in [1.82, 2.24) is 9.80 Å². The van der Waals surface area contributed by atoms with E-state index in [2.05, 4.69) is 0 Å². The van der Waals surface area contributed by atoms with Crippen LogP contribution >= 0.6 is 0 Å². The number of carbonyl (C=O) groups excluding carboxylic acids is 2. The Hall–Kier alpha value is -3.23. The summed E-state index contributed by atoms with van der Waals surface area (Å²) in [5, 5.41) is 0. The van der Waals surface area contributed by atoms with Crippen molar-refractivity contribution in [3.63, 3.8) is 0 Å². The van der Waals surface area contributed by atoms with Crippen LogP contribution in [0.1, 0.15) is 29.3 Å². The van der Waals surface area contributed by atoms with E-state index in [1.165, 1.54) is 12.1 Å². The fourth-order valence-corrected chi connectivity index (χ4v) is 3.39. The average molecular weight is 450 g/mol. The van der Waals surface area contributed by atoms with Crippen LogP contribution in [0.4, 0.5) is 13.2 Å². The van der Waals surface area contributed by atoms with Gasteiger partial charge >= 0.3 is 6.18 Å². The molecule has 6 nitrogen and oxygen atoms in total. The molecule has 1 aliphatic heterocycles. The number of rotatable bonds is 6. The first-order chi connectivity index (χ1) is 15.3. The van der Waals surface area contributed by atoms with Gasteiger partial charge in [0.15, 0.2) is 6.61 Å². The lowest BCUT2D eigenvalue weighted by atomic mass is 10.1. The highest BCUT2D eigenvalue weighted by atomic mass is 19.4. The van der Waals surface area contributed by atoms with E-state index < -0.39 is 11.7 Å². The fourth-order valence-electron chi connectivity index (χ4n) is 3.39. The number of hydrogen-bond donors (Lipinski definition) is 0. The standard InChI is InChI=1S/C23H25F3N2O4/c1-2-31-19-8-10-20(11-9-19)32-16-21(29)27-12-3-13-28(15-14-27)22(30)17-4-6-18(7-5-17)23(24,25)26/h4-11H,2-3,12-16H2,1H3. The maximum absolute atomic E-state index is 12.7. The lowest BCUT2D eigenvalue weighted by molar-refractivity contribution is -0.137. The number of alkyl halides is 3. The smallest absolute Gasteiger partial charge is 0.416 e. The second-order valence-corrected chi connectivity index (χ2v) is 7.29. The number of halogens is 3. The van der Waals surface area contributed by atoms with Crippen LogP contribution < -0.4 is 9.47 Å². The first-order valence-electron chi connectivity index (χ1n) is 10.4. The molecule has 9 heteroatoms. The predicted octanol–water partition coefficient (Wildman–Crippen LogP) is 3.86. The van der Waals surface area contributed by atoms with Crippen molar-refractivity contribution in [2.24, 2.45) is 0 Å². The largest absolute Gasteiger partial charge is 0.494 e. The molecule has 172 valence electrons. The molecule has 1 heterocycles. The monoisotopic (exact) mass is 450 g/mol. The Bertz CT molecular complexity index is 914. The van der Waals surface area contributed by atoms with E-state index in [0.29, 0.717) is 45.0 Å². The Morgan fingerprint density at radius 1 is 0.844 bits per heavy atom. The SMILES string of the molecule is CCOc1ccc(OCC(=O)N2CCCN(C(=O)c3ccc(C(F)(F)F)cc3)CC2)cc1. The Labute approximate surface area is 184 Å². The Balaban J connectivity index is 1.51. The molecule has 0 N–H and O–H groups in total. The van der Waals surface area contributed by atoms with E-state index >= 15 is 0 Å². The predicted molar refractivity (Wildman–Crippen MR) is 112 cm³/mol. The Morgan fingerprint density at radius 2 is 1.41 bits per heavy atom. The molecule has 0 saturated carbocycles. The van der Waals surface area contributed by atoms with Crippen molar-refractivity contribution in [3.05, 3.63) is 59.7 Å². The molecular weight excluding hydrogens is 425 g/mol. The van der Waals surface area contributed by atoms with E-state index in [4.69, 9.17) is 9.47 Å². The molecule has 0 atom stereocenters. The van der Waals surface area contributed by atoms with Crippen LogP contribution in [-0.4, -0.2) is 61.0 Å². The highest BCUT2D eigenvalue weighted by Gasteiger charge is 2.30. The molecule has 0 aromatic heterocycles. The maximum atomic E-state index is 12.7. The van der Waals surface area contributed by atoms with Gasteiger partial charge in [0, 0.05) is 31.7 Å². The van der Waals surface area contributed by atoms with Crippen LogP contribution in [0.5, 0.6) is 11.5 Å². The van der Waals surface area contributed by atoms with Crippen molar-refractivity contribution in [2.45, 2.75) is 19.5 Å². The summed E-state index contributed by atoms with van der Waals surface area (Å²) in [5.41, 5.74) is -0.606. The molecule has 2 amide bonds. The van der Waals surface area contributed by atoms with Crippen molar-refractivity contribution >= 4 is 11.8 Å². The maximum Gasteiger partial charge on any atom is 0.416 e. The molecule has 2 aromatic carbocycles. The third-order valence-electron chi connectivity index (χ3n) is 5.09. The van der Waals surface area contributed by atoms with Crippen LogP contribution in [0.15, 0.2) is 48.5 Å². The summed E-state index contributed by atoms with van der Waals surface area (Å²) in [7, 11) is 0. The first kappa shape index (κ1) is 23.4. The Morgan fingerprint density at radius 3 is 2.00 bits per heavy atom. The molecular formula is C23H25F3N2O4. The minimum Gasteiger partial charge on any atom is -0.494 e. The third kappa shape index (κ3) is 6.15. The summed E-state index contributed by atoms with van der Waals surface area (Å²) >= 11 is 0. The zero-order valence-corrected chi connectivity index (χ0v) is 17.7. The number of amides is 2. The van der Waals surface area contributed by atoms with E-state index in [1.54, 1.807) is 34.1 Å². The van der Waals surface area contributed by atoms with Gasteiger partial charge in [-0.05, 0) is 61.9 Å². The zero-order valence-electron chi connectivity index (χ0n) is 17.7. The molecule has 0 bridgehead atoms. The average Bonchev–Trinajstić information content (AvgIpc) is 3.04. The van der Waals surface area contributed by atoms with E-state index in [0.717, 1.165) is 17.9 Å². The van der Waals surface area contributed by atoms with E-state index in [9.17, 15) is 22.8 Å². The number of ether oxygens (including phenoxy) is 2. The van der Waals surface area contributed by atoms with E-state index in [1.807, 2.05) is 6.92 Å². The molecule has 32 heavy (non-hydrogen) atoms. The van der Waals surface area contributed by atoms with Crippen LogP contribution in [0.3, 0.4) is 0 Å². The topological polar surface area (TPSA) is 59.1 Å². The molecule has 0 unspecified atom stereocenters. The molecule has 1 aliphatic rings. The van der Waals surface area contributed by atoms with Gasteiger partial charge in [-0.1, -0.05) is 0 Å². The zero-order chi connectivity index (χ0) is 23.1. The second kappa shape index (κ2) is 10.4. The summed E-state index contributed by atoms with van der Waals surface area (Å²) in [4.78, 5) is 28.4. The van der Waals surface area contributed by atoms with Gasteiger partial charge in [0.2, 0.25) is 0 Å². The van der Waals surface area contributed by atoms with Gasteiger partial charge < -0.3 is 19.3 Å². The summed E-state index contributed by atoms with van der Waals surface area (Å²) in [5.74, 6) is 0.730. The van der Waals surface area contributed by atoms with Gasteiger partial charge in [0.05, 0.1) is 12.2 Å². The minimum atomic E-state index is -4.45. The minimum absolute atomic E-state index is 0.124. The molecule has 2 aromatic rings. The number of hydrogen-bond acceptors (Lipinski definition) is 4. The van der Waals surface area contributed by atoms with E-state index in [-0.39, 0.29) is 24.0 Å². The third-order valence-corrected chi connectivity index (χ3v) is 5.09. The van der Waals surface area contributed by atoms with Crippen molar-refractivity contribution in [3.8, 4) is 11.5 Å². The molecule has 0 radical (unpaired) electrons. The molecule has 1 saturated heterocycles. The first-order valence-corrected chi connectivity index (χ1v) is 10.4. The Kier molecular flexibility index (Phi) is 7.61. The van der Waals surface area contributed by atoms with Crippen LogP contribution in [0.2, 0.25) is 0 Å². The number of carbonyl (C=O) groups is 2. The molecule has 0 spiro atoms. The van der Waals surface area contributed by atoms with Gasteiger partial charge in [-0.2, -0.15) is 13.2 Å². The van der Waals surface area contributed by atoms with Gasteiger partial charge in [-0.3, -0.25) is 9.59 Å². The van der Waals surface area contributed by atoms with Crippen LogP contribution in [-0.2, 0) is 11.0 Å². The lowest BCUT2D eigenvalue weighted by Crippen LogP contribution is -2.39. The van der Waals surface area contributed by atoms with Gasteiger partial charge in [0.1, 0.15) is 11.5 Å². The summed E-state index contributed by atoms with van der Waals surface area (Å²) in [6, 6.07) is 11.2. The van der Waals surface area contributed by atoms with Crippen molar-refractivity contribution in [2.75, 3.05) is 39.4 Å². The number of nitrogens with zero attached hydrogens (tertiary/aromatic N) is 2. The lowest BCUT2D eigenvalue weighted by Gasteiger charge is -2.22. The summed E-state index contributed by atoms with van der Waals surface area (Å²) < 4.78 is 49.1. The van der Waals surface area contributed by atoms with Crippen LogP contribution in [0.25, 0.3) is 0 Å². The highest BCUT2D eigenvalue weighted by Crippen LogP contribution is 2.29. The van der Waals surface area contributed by atoms with Gasteiger partial charge in [-0.15, -0.1) is 0 Å². The fraction of sp³-hybridized carbons (Fsp3) is 0.391. The van der Waals surface area contributed by atoms with Crippen molar-refractivity contribution < 1.29 is 32.2 Å². The van der Waals surface area contributed by atoms with Gasteiger partial charge in [-0.25, -0.2) is 0 Å². The molecule has 1 fully saturated rings. The highest BCUT2D eigenvalue weighted by molar-refractivity contribution is 5.94.